The fraction of sp³-hybridized carbons (Fsp3) is 0.548. The summed E-state index contributed by atoms with van der Waals surface area (Å²) in [5.74, 6) is -0.803. The van der Waals surface area contributed by atoms with E-state index in [-0.39, 0.29) is 24.1 Å². The molecule has 0 spiro atoms. The molecule has 7 heteroatoms. The number of carbonyl (C=O) groups excluding carboxylic acids is 2. The van der Waals surface area contributed by atoms with Crippen molar-refractivity contribution in [1.29, 1.82) is 0 Å². The Bertz CT molecular complexity index is 1090. The molecule has 208 valence electrons. The number of carbonyl (C=O) groups is 2. The van der Waals surface area contributed by atoms with Crippen molar-refractivity contribution in [2.24, 2.45) is 17.3 Å². The smallest absolute Gasteiger partial charge is 0.242 e. The molecule has 0 aromatic heterocycles. The van der Waals surface area contributed by atoms with Crippen LogP contribution in [0, 0.1) is 17.3 Å². The Kier molecular flexibility index (Phi) is 10.8. The number of hydrogen-bond acceptors (Lipinski definition) is 3. The number of amides is 2. The van der Waals surface area contributed by atoms with Gasteiger partial charge in [0.25, 0.3) is 0 Å². The highest BCUT2D eigenvalue weighted by Gasteiger charge is 2.37. The molecule has 6 nitrogen and oxygen atoms in total. The molecular weight excluding hydrogens is 495 g/mol. The van der Waals surface area contributed by atoms with Crippen LogP contribution in [0.15, 0.2) is 54.6 Å². The van der Waals surface area contributed by atoms with E-state index in [0.717, 1.165) is 43.2 Å². The van der Waals surface area contributed by atoms with Gasteiger partial charge in [-0.3, -0.25) is 14.2 Å². The van der Waals surface area contributed by atoms with E-state index in [1.165, 1.54) is 12.0 Å². The molecule has 3 rings (SSSR count). The maximum Gasteiger partial charge on any atom is 0.242 e. The van der Waals surface area contributed by atoms with Crippen molar-refractivity contribution in [2.45, 2.75) is 77.9 Å². The minimum absolute atomic E-state index is 0.0329. The van der Waals surface area contributed by atoms with Crippen molar-refractivity contribution in [2.75, 3.05) is 13.2 Å². The van der Waals surface area contributed by atoms with E-state index in [4.69, 9.17) is 0 Å². The predicted molar refractivity (Wildman–Crippen MR) is 154 cm³/mol. The highest BCUT2D eigenvalue weighted by molar-refractivity contribution is 7.57. The molecule has 1 aliphatic rings. The Morgan fingerprint density at radius 2 is 1.50 bits per heavy atom. The normalized spacial score (nSPS) is 17.7. The van der Waals surface area contributed by atoms with E-state index >= 15 is 0 Å². The average molecular weight is 541 g/mol. The molecule has 38 heavy (non-hydrogen) atoms. The zero-order chi connectivity index (χ0) is 27.8. The van der Waals surface area contributed by atoms with Crippen LogP contribution < -0.4 is 10.6 Å². The van der Waals surface area contributed by atoms with Gasteiger partial charge in [0.2, 0.25) is 19.2 Å². The SMILES string of the molecule is CNC(=O)[C@H](NC(=O)C(CC1CCCCC1)CP(=O)(O)Cc1ccc(Cc2ccccc2)cc1)C(C)(C)C. The van der Waals surface area contributed by atoms with E-state index in [1.807, 2.05) is 63.2 Å². The third kappa shape index (κ3) is 9.39. The molecule has 0 aliphatic heterocycles. The van der Waals surface area contributed by atoms with Crippen LogP contribution in [0.3, 0.4) is 0 Å². The Hall–Kier alpha value is -2.43. The van der Waals surface area contributed by atoms with E-state index in [0.29, 0.717) is 12.3 Å². The second-order valence-corrected chi connectivity index (χ2v) is 14.4. The number of rotatable bonds is 11. The summed E-state index contributed by atoms with van der Waals surface area (Å²) >= 11 is 0. The summed E-state index contributed by atoms with van der Waals surface area (Å²) in [7, 11) is -2.09. The summed E-state index contributed by atoms with van der Waals surface area (Å²) in [5, 5.41) is 5.57. The van der Waals surface area contributed by atoms with Gasteiger partial charge in [-0.2, -0.15) is 0 Å². The van der Waals surface area contributed by atoms with Gasteiger partial charge in [0.1, 0.15) is 6.04 Å². The number of nitrogens with one attached hydrogen (secondary N) is 2. The molecular formula is C31H45N2O4P. The highest BCUT2D eigenvalue weighted by Crippen LogP contribution is 2.48. The van der Waals surface area contributed by atoms with Crippen molar-refractivity contribution in [3.8, 4) is 0 Å². The second-order valence-electron chi connectivity index (χ2n) is 12.0. The van der Waals surface area contributed by atoms with Gasteiger partial charge < -0.3 is 15.5 Å². The topological polar surface area (TPSA) is 95.5 Å². The quantitative estimate of drug-likeness (QED) is 0.309. The Labute approximate surface area is 228 Å². The molecule has 1 aliphatic carbocycles. The lowest BCUT2D eigenvalue weighted by Crippen LogP contribution is -2.54. The minimum atomic E-state index is -3.65. The van der Waals surface area contributed by atoms with Gasteiger partial charge in [-0.05, 0) is 40.9 Å². The molecule has 0 bridgehead atoms. The fourth-order valence-electron chi connectivity index (χ4n) is 5.46. The third-order valence-corrected chi connectivity index (χ3v) is 9.45. The first-order chi connectivity index (χ1) is 18.0. The van der Waals surface area contributed by atoms with Gasteiger partial charge in [-0.25, -0.2) is 0 Å². The molecule has 1 saturated carbocycles. The zero-order valence-electron chi connectivity index (χ0n) is 23.4. The lowest BCUT2D eigenvalue weighted by Gasteiger charge is -2.33. The summed E-state index contributed by atoms with van der Waals surface area (Å²) in [6.45, 7) is 5.71. The van der Waals surface area contributed by atoms with E-state index < -0.39 is 24.7 Å². The summed E-state index contributed by atoms with van der Waals surface area (Å²) in [6, 6.07) is 17.3. The van der Waals surface area contributed by atoms with E-state index in [2.05, 4.69) is 22.8 Å². The lowest BCUT2D eigenvalue weighted by atomic mass is 9.82. The van der Waals surface area contributed by atoms with Crippen LogP contribution in [0.1, 0.15) is 76.0 Å². The highest BCUT2D eigenvalue weighted by atomic mass is 31.2. The first kappa shape index (κ1) is 30.1. The van der Waals surface area contributed by atoms with Crippen LogP contribution >= 0.6 is 7.37 Å². The van der Waals surface area contributed by atoms with Crippen molar-refractivity contribution in [1.82, 2.24) is 10.6 Å². The molecule has 2 aromatic carbocycles. The Morgan fingerprint density at radius 3 is 2.08 bits per heavy atom. The molecule has 0 saturated heterocycles. The van der Waals surface area contributed by atoms with Gasteiger partial charge in [-0.1, -0.05) is 107 Å². The third-order valence-electron chi connectivity index (χ3n) is 7.58. The largest absolute Gasteiger partial charge is 0.357 e. The maximum atomic E-state index is 13.5. The summed E-state index contributed by atoms with van der Waals surface area (Å²) in [5.41, 5.74) is 2.66. The van der Waals surface area contributed by atoms with Crippen molar-refractivity contribution < 1.29 is 19.0 Å². The van der Waals surface area contributed by atoms with Gasteiger partial charge >= 0.3 is 0 Å². The first-order valence-electron chi connectivity index (χ1n) is 13.9. The Morgan fingerprint density at radius 1 is 0.921 bits per heavy atom. The van der Waals surface area contributed by atoms with Crippen LogP contribution in [0.2, 0.25) is 0 Å². The van der Waals surface area contributed by atoms with Crippen LogP contribution in [-0.4, -0.2) is 36.0 Å². The fourth-order valence-corrected chi connectivity index (χ4v) is 7.37. The number of benzene rings is 2. The van der Waals surface area contributed by atoms with Crippen LogP contribution in [0.5, 0.6) is 0 Å². The van der Waals surface area contributed by atoms with Crippen molar-refractivity contribution >= 4 is 19.2 Å². The molecule has 2 amide bonds. The van der Waals surface area contributed by atoms with Gasteiger partial charge in [-0.15, -0.1) is 0 Å². The Balaban J connectivity index is 1.71. The van der Waals surface area contributed by atoms with Gasteiger partial charge in [0.05, 0.1) is 0 Å². The molecule has 3 atom stereocenters. The molecule has 3 N–H and O–H groups in total. The number of likely N-dealkylation sites (N-methyl/N-ethyl adjacent to an activating group) is 1. The summed E-state index contributed by atoms with van der Waals surface area (Å²) in [4.78, 5) is 37.1. The molecule has 2 unspecified atom stereocenters. The van der Waals surface area contributed by atoms with Crippen LogP contribution in [0.4, 0.5) is 0 Å². The van der Waals surface area contributed by atoms with Gasteiger partial charge in [0.15, 0.2) is 0 Å². The average Bonchev–Trinajstić information content (AvgIpc) is 2.87. The monoisotopic (exact) mass is 540 g/mol. The zero-order valence-corrected chi connectivity index (χ0v) is 24.3. The minimum Gasteiger partial charge on any atom is -0.357 e. The van der Waals surface area contributed by atoms with E-state index in [9.17, 15) is 19.0 Å². The number of hydrogen-bond donors (Lipinski definition) is 3. The van der Waals surface area contributed by atoms with Crippen molar-refractivity contribution in [3.63, 3.8) is 0 Å². The van der Waals surface area contributed by atoms with Gasteiger partial charge in [0, 0.05) is 25.3 Å². The lowest BCUT2D eigenvalue weighted by molar-refractivity contribution is -0.133. The first-order valence-corrected chi connectivity index (χ1v) is 15.9. The maximum absolute atomic E-state index is 13.5. The molecule has 1 fully saturated rings. The standard InChI is InChI=1S/C31H45N2O4P/c1-31(2,3)28(30(35)32-4)33-29(34)27(20-24-13-9-6-10-14-24)22-38(36,37)21-26-17-15-25(16-18-26)19-23-11-7-5-8-12-23/h5,7-8,11-12,15-18,24,27-28H,6,9-10,13-14,19-22H2,1-4H3,(H,32,35)(H,33,34)(H,36,37)/t27?,28-/m0/s1. The summed E-state index contributed by atoms with van der Waals surface area (Å²) in [6.07, 6.45) is 6.90. The summed E-state index contributed by atoms with van der Waals surface area (Å²) < 4.78 is 13.5. The molecule has 2 aromatic rings. The molecule has 0 radical (unpaired) electrons. The van der Waals surface area contributed by atoms with E-state index in [1.54, 1.807) is 7.05 Å². The van der Waals surface area contributed by atoms with Crippen molar-refractivity contribution in [3.05, 3.63) is 71.3 Å². The van der Waals surface area contributed by atoms with Crippen LogP contribution in [0.25, 0.3) is 0 Å². The second kappa shape index (κ2) is 13.6. The molecule has 0 heterocycles. The predicted octanol–water partition coefficient (Wildman–Crippen LogP) is 5.91. The van der Waals surface area contributed by atoms with Crippen LogP contribution in [-0.2, 0) is 26.7 Å².